The average molecular weight is 432 g/mol. The summed E-state index contributed by atoms with van der Waals surface area (Å²) in [5.41, 5.74) is -0.228. The summed E-state index contributed by atoms with van der Waals surface area (Å²) in [5.74, 6) is -2.11. The maximum Gasteiger partial charge on any atom is 0.201 e. The fourth-order valence-corrected chi connectivity index (χ4v) is 3.81. The summed E-state index contributed by atoms with van der Waals surface area (Å²) < 4.78 is 10.7. The Morgan fingerprint density at radius 1 is 0.871 bits per heavy atom. The van der Waals surface area contributed by atoms with Gasteiger partial charge < -0.3 is 40.1 Å². The number of fused-ring (bicyclic) bond motifs is 2. The van der Waals surface area contributed by atoms with Crippen molar-refractivity contribution in [3.05, 3.63) is 58.1 Å². The van der Waals surface area contributed by atoms with Gasteiger partial charge in [0.25, 0.3) is 0 Å². The van der Waals surface area contributed by atoms with Gasteiger partial charge in [0.1, 0.15) is 35.9 Å². The molecule has 1 aliphatic carbocycles. The van der Waals surface area contributed by atoms with Crippen LogP contribution in [0.15, 0.2) is 30.3 Å². The molecule has 0 unspecified atom stereocenters. The van der Waals surface area contributed by atoms with Crippen molar-refractivity contribution in [1.29, 1.82) is 0 Å². The van der Waals surface area contributed by atoms with Crippen molar-refractivity contribution in [2.75, 3.05) is 6.61 Å². The second-order valence-corrected chi connectivity index (χ2v) is 7.40. The van der Waals surface area contributed by atoms with Crippen molar-refractivity contribution in [2.45, 2.75) is 37.3 Å². The number of aliphatic hydroxyl groups excluding tert-OH is 4. The van der Waals surface area contributed by atoms with Crippen molar-refractivity contribution in [1.82, 2.24) is 0 Å². The Hall–Kier alpha value is -2.86. The molecule has 2 aromatic rings. The standard InChI is InChI=1S/C21H20O10/c22-6-13-17(26)19(28)20(29)21(31-13)30-7-8-4-10-15(12(24)5-8)18(27)14-9(16(10)25)2-1-3-11(14)23/h1-5,13,17,19-24,26,28-29H,6-7H2/t13-,17-,19+,20+,21+/m0/s1. The molecule has 10 heteroatoms. The maximum absolute atomic E-state index is 12.9. The molecule has 31 heavy (non-hydrogen) atoms. The van der Waals surface area contributed by atoms with Gasteiger partial charge >= 0.3 is 0 Å². The minimum atomic E-state index is -1.61. The second-order valence-electron chi connectivity index (χ2n) is 7.40. The number of rotatable bonds is 4. The van der Waals surface area contributed by atoms with Crippen LogP contribution in [0.5, 0.6) is 11.5 Å². The SMILES string of the molecule is O=C1c2cccc(O)c2C(=O)c2c(O)cc(CO[C@@H]3O[C@@H](CO)[C@H](O)[C@@H](O)[C@H]3O)cc21. The number of benzene rings is 2. The third-order valence-electron chi connectivity index (χ3n) is 5.43. The van der Waals surface area contributed by atoms with Crippen LogP contribution < -0.4 is 0 Å². The van der Waals surface area contributed by atoms with Crippen LogP contribution in [0.3, 0.4) is 0 Å². The summed E-state index contributed by atoms with van der Waals surface area (Å²) in [6.07, 6.45) is -7.31. The van der Waals surface area contributed by atoms with Crippen molar-refractivity contribution in [3.63, 3.8) is 0 Å². The van der Waals surface area contributed by atoms with E-state index < -0.39 is 54.6 Å². The molecule has 6 N–H and O–H groups in total. The Bertz CT molecular complexity index is 1050. The highest BCUT2D eigenvalue weighted by molar-refractivity contribution is 6.30. The van der Waals surface area contributed by atoms with Crippen molar-refractivity contribution in [3.8, 4) is 11.5 Å². The first-order valence-electron chi connectivity index (χ1n) is 9.44. The first-order valence-corrected chi connectivity index (χ1v) is 9.44. The van der Waals surface area contributed by atoms with Crippen molar-refractivity contribution in [2.24, 2.45) is 0 Å². The quantitative estimate of drug-likeness (QED) is 0.306. The zero-order valence-corrected chi connectivity index (χ0v) is 16.0. The Labute approximate surface area is 175 Å². The molecule has 0 aromatic heterocycles. The van der Waals surface area contributed by atoms with E-state index in [9.17, 15) is 40.2 Å². The van der Waals surface area contributed by atoms with Gasteiger partial charge in [-0.2, -0.15) is 0 Å². The number of carbonyl (C=O) groups excluding carboxylic acids is 2. The highest BCUT2D eigenvalue weighted by Gasteiger charge is 2.44. The zero-order valence-electron chi connectivity index (χ0n) is 16.0. The summed E-state index contributed by atoms with van der Waals surface area (Å²) in [6, 6.07) is 6.63. The number of aromatic hydroxyl groups is 2. The Kier molecular flexibility index (Phi) is 5.52. The molecule has 1 heterocycles. The van der Waals surface area contributed by atoms with Crippen LogP contribution in [0.4, 0.5) is 0 Å². The smallest absolute Gasteiger partial charge is 0.201 e. The lowest BCUT2D eigenvalue weighted by Crippen LogP contribution is -2.59. The Balaban J connectivity index is 1.60. The highest BCUT2D eigenvalue weighted by Crippen LogP contribution is 2.37. The van der Waals surface area contributed by atoms with E-state index >= 15 is 0 Å². The fourth-order valence-electron chi connectivity index (χ4n) is 3.81. The van der Waals surface area contributed by atoms with Gasteiger partial charge in [-0.05, 0) is 23.8 Å². The summed E-state index contributed by atoms with van der Waals surface area (Å²) in [4.78, 5) is 25.6. The molecular formula is C21H20O10. The topological polar surface area (TPSA) is 174 Å². The van der Waals surface area contributed by atoms with Crippen LogP contribution in [0.2, 0.25) is 0 Å². The molecule has 1 saturated heterocycles. The fraction of sp³-hybridized carbons (Fsp3) is 0.333. The third-order valence-corrected chi connectivity index (χ3v) is 5.43. The molecule has 1 fully saturated rings. The Morgan fingerprint density at radius 3 is 2.29 bits per heavy atom. The zero-order chi connectivity index (χ0) is 22.4. The molecule has 2 aromatic carbocycles. The van der Waals surface area contributed by atoms with Crippen LogP contribution in [-0.4, -0.2) is 79.5 Å². The molecule has 10 nitrogen and oxygen atoms in total. The molecule has 0 bridgehead atoms. The molecule has 0 amide bonds. The third kappa shape index (κ3) is 3.49. The predicted octanol–water partition coefficient (Wildman–Crippen LogP) is -0.810. The van der Waals surface area contributed by atoms with Crippen LogP contribution in [-0.2, 0) is 16.1 Å². The predicted molar refractivity (Wildman–Crippen MR) is 102 cm³/mol. The maximum atomic E-state index is 12.9. The number of ketones is 2. The van der Waals surface area contributed by atoms with E-state index in [0.29, 0.717) is 0 Å². The summed E-state index contributed by atoms with van der Waals surface area (Å²) in [5, 5.41) is 59.3. The summed E-state index contributed by atoms with van der Waals surface area (Å²) in [7, 11) is 0. The number of hydrogen-bond donors (Lipinski definition) is 6. The van der Waals surface area contributed by atoms with Gasteiger partial charge in [0.05, 0.1) is 24.3 Å². The minimum Gasteiger partial charge on any atom is -0.507 e. The van der Waals surface area contributed by atoms with Crippen molar-refractivity contribution >= 4 is 11.6 Å². The van der Waals surface area contributed by atoms with Gasteiger partial charge in [0.15, 0.2) is 12.1 Å². The number of phenols is 2. The van der Waals surface area contributed by atoms with Gasteiger partial charge in [-0.25, -0.2) is 0 Å². The van der Waals surface area contributed by atoms with E-state index in [1.54, 1.807) is 0 Å². The van der Waals surface area contributed by atoms with Gasteiger partial charge in [-0.1, -0.05) is 12.1 Å². The number of ether oxygens (including phenoxy) is 2. The van der Waals surface area contributed by atoms with Crippen LogP contribution >= 0.6 is 0 Å². The number of phenolic OH excluding ortho intramolecular Hbond substituents is 2. The van der Waals surface area contributed by atoms with E-state index in [1.807, 2.05) is 0 Å². The molecular weight excluding hydrogens is 412 g/mol. The molecule has 0 spiro atoms. The number of aliphatic hydroxyl groups is 4. The molecule has 1 aliphatic heterocycles. The first-order chi connectivity index (χ1) is 14.7. The van der Waals surface area contributed by atoms with E-state index in [4.69, 9.17) is 9.47 Å². The molecule has 164 valence electrons. The number of carbonyl (C=O) groups is 2. The lowest BCUT2D eigenvalue weighted by molar-refractivity contribution is -0.304. The van der Waals surface area contributed by atoms with Crippen LogP contribution in [0.25, 0.3) is 0 Å². The highest BCUT2D eigenvalue weighted by atomic mass is 16.7. The van der Waals surface area contributed by atoms with Gasteiger partial charge in [0, 0.05) is 11.1 Å². The molecule has 0 saturated carbocycles. The second kappa shape index (κ2) is 8.00. The minimum absolute atomic E-state index is 0.00361. The monoisotopic (exact) mass is 432 g/mol. The van der Waals surface area contributed by atoms with Gasteiger partial charge in [-0.15, -0.1) is 0 Å². The molecule has 2 aliphatic rings. The molecule has 4 rings (SSSR count). The molecule has 0 radical (unpaired) electrons. The normalized spacial score (nSPS) is 27.7. The largest absolute Gasteiger partial charge is 0.507 e. The van der Waals surface area contributed by atoms with E-state index in [2.05, 4.69) is 0 Å². The van der Waals surface area contributed by atoms with E-state index in [1.165, 1.54) is 30.3 Å². The van der Waals surface area contributed by atoms with Crippen LogP contribution in [0.1, 0.15) is 37.4 Å². The Morgan fingerprint density at radius 2 is 1.58 bits per heavy atom. The number of hydrogen-bond acceptors (Lipinski definition) is 10. The van der Waals surface area contributed by atoms with Gasteiger partial charge in [0.2, 0.25) is 5.78 Å². The lowest BCUT2D eigenvalue weighted by Gasteiger charge is -2.39. The summed E-state index contributed by atoms with van der Waals surface area (Å²) in [6.45, 7) is -0.912. The first kappa shape index (κ1) is 21.4. The van der Waals surface area contributed by atoms with Crippen LogP contribution in [0, 0.1) is 0 Å². The van der Waals surface area contributed by atoms with Gasteiger partial charge in [-0.3, -0.25) is 9.59 Å². The lowest BCUT2D eigenvalue weighted by atomic mass is 9.82. The van der Waals surface area contributed by atoms with E-state index in [0.717, 1.165) is 0 Å². The van der Waals surface area contributed by atoms with E-state index in [-0.39, 0.29) is 40.2 Å². The molecule has 5 atom stereocenters. The summed E-state index contributed by atoms with van der Waals surface area (Å²) >= 11 is 0. The average Bonchev–Trinajstić information content (AvgIpc) is 2.75. The van der Waals surface area contributed by atoms with Crippen molar-refractivity contribution < 1.29 is 49.7 Å².